The van der Waals surface area contributed by atoms with Gasteiger partial charge in [0, 0.05) is 30.7 Å². The van der Waals surface area contributed by atoms with Crippen LogP contribution in [0.25, 0.3) is 28.1 Å². The number of pyridine rings is 2. The van der Waals surface area contributed by atoms with Gasteiger partial charge in [-0.05, 0) is 37.1 Å². The Balaban J connectivity index is 0.00000190. The minimum atomic E-state index is -4.47. The van der Waals surface area contributed by atoms with Crippen LogP contribution >= 0.6 is 24.8 Å². The summed E-state index contributed by atoms with van der Waals surface area (Å²) >= 11 is 0. The first kappa shape index (κ1) is 28.9. The van der Waals surface area contributed by atoms with Crippen LogP contribution in [-0.2, 0) is 0 Å². The summed E-state index contributed by atoms with van der Waals surface area (Å²) in [4.78, 5) is 6.06. The van der Waals surface area contributed by atoms with Crippen molar-refractivity contribution in [3.63, 3.8) is 0 Å². The first-order valence-corrected chi connectivity index (χ1v) is 11.3. The molecule has 1 aliphatic heterocycles. The Bertz CT molecular complexity index is 1370. The molecule has 0 radical (unpaired) electrons. The van der Waals surface area contributed by atoms with Crippen molar-refractivity contribution in [2.45, 2.75) is 37.7 Å². The first-order chi connectivity index (χ1) is 16.7. The van der Waals surface area contributed by atoms with Crippen molar-refractivity contribution in [2.75, 3.05) is 19.7 Å². The summed E-state index contributed by atoms with van der Waals surface area (Å²) in [6.07, 6.45) is -2.95. The van der Waals surface area contributed by atoms with Gasteiger partial charge in [-0.3, -0.25) is 9.30 Å². The third-order valence-electron chi connectivity index (χ3n) is 6.17. The molecule has 4 aromatic rings. The van der Waals surface area contributed by atoms with Crippen LogP contribution in [0.15, 0.2) is 48.7 Å². The summed E-state index contributed by atoms with van der Waals surface area (Å²) in [6, 6.07) is 9.93. The third kappa shape index (κ3) is 5.75. The molecule has 13 heteroatoms. The molecule has 0 saturated carbocycles. The second kappa shape index (κ2) is 11.4. The van der Waals surface area contributed by atoms with Crippen LogP contribution in [0.3, 0.4) is 0 Å². The predicted molar refractivity (Wildman–Crippen MR) is 138 cm³/mol. The van der Waals surface area contributed by atoms with E-state index in [1.54, 1.807) is 19.1 Å². The minimum absolute atomic E-state index is 0. The number of alkyl halides is 3. The van der Waals surface area contributed by atoms with E-state index in [0.717, 1.165) is 5.39 Å². The highest BCUT2D eigenvalue weighted by Crippen LogP contribution is 2.39. The van der Waals surface area contributed by atoms with Crippen LogP contribution < -0.4 is 10.5 Å². The van der Waals surface area contributed by atoms with Crippen molar-refractivity contribution < 1.29 is 23.0 Å². The molecule has 1 aromatic carbocycles. The lowest BCUT2D eigenvalue weighted by Crippen LogP contribution is -2.38. The van der Waals surface area contributed by atoms with Crippen LogP contribution in [-0.4, -0.2) is 67.6 Å². The summed E-state index contributed by atoms with van der Waals surface area (Å²) in [5, 5.41) is 18.5. The second-order valence-corrected chi connectivity index (χ2v) is 8.84. The van der Waals surface area contributed by atoms with E-state index in [0.29, 0.717) is 34.9 Å². The van der Waals surface area contributed by atoms with Gasteiger partial charge in [0.1, 0.15) is 29.1 Å². The normalized spacial score (nSPS) is 17.8. The van der Waals surface area contributed by atoms with E-state index in [4.69, 9.17) is 10.5 Å². The molecule has 3 atom stereocenters. The van der Waals surface area contributed by atoms with Crippen LogP contribution in [0.5, 0.6) is 5.75 Å². The van der Waals surface area contributed by atoms with E-state index in [-0.39, 0.29) is 56.1 Å². The fourth-order valence-corrected chi connectivity index (χ4v) is 4.49. The monoisotopic (exact) mass is 558 g/mol. The largest absolute Gasteiger partial charge is 0.486 e. The third-order valence-corrected chi connectivity index (χ3v) is 6.17. The summed E-state index contributed by atoms with van der Waals surface area (Å²) in [6.45, 7) is 2.04. The molecule has 37 heavy (non-hydrogen) atoms. The Morgan fingerprint density at radius 1 is 1.14 bits per heavy atom. The van der Waals surface area contributed by atoms with Gasteiger partial charge in [0.15, 0.2) is 11.5 Å². The molecular formula is C24H27Cl2F3N6O2. The zero-order valence-corrected chi connectivity index (χ0v) is 21.4. The maximum Gasteiger partial charge on any atom is 0.408 e. The topological polar surface area (TPSA) is 102 Å². The van der Waals surface area contributed by atoms with Crippen molar-refractivity contribution in [3.05, 3.63) is 54.2 Å². The number of para-hydroxylation sites is 1. The number of fused-ring (bicyclic) bond motifs is 2. The number of nitrogens with two attached hydrogens (primary N) is 1. The van der Waals surface area contributed by atoms with Crippen molar-refractivity contribution in [1.29, 1.82) is 0 Å². The van der Waals surface area contributed by atoms with E-state index in [1.165, 1.54) is 27.6 Å². The number of likely N-dealkylation sites (tertiary alicyclic amines) is 1. The van der Waals surface area contributed by atoms with Gasteiger partial charge < -0.3 is 15.6 Å². The van der Waals surface area contributed by atoms with E-state index in [2.05, 4.69) is 15.2 Å². The molecular weight excluding hydrogens is 532 g/mol. The Labute approximate surface area is 223 Å². The standard InChI is InChI=1S/C24H25F3N6O2.2ClH/c1-14(13-34)35-19-4-2-3-15-5-7-18(29-21(15)19)23-31-30-20-8-6-16(11-33(20)23)22(24(25,26)27)32-10-9-17(28)12-32;;/h2-8,11,14,17,22,34H,9-10,12-13,28H2,1H3;2*1H/t14?,17?,22-;;/m1../s1. The van der Waals surface area contributed by atoms with Gasteiger partial charge in [-0.15, -0.1) is 35.0 Å². The first-order valence-electron chi connectivity index (χ1n) is 11.3. The average Bonchev–Trinajstić information content (AvgIpc) is 3.44. The Hall–Kier alpha value is -2.70. The number of halogens is 5. The van der Waals surface area contributed by atoms with Gasteiger partial charge in [-0.25, -0.2) is 4.98 Å². The number of nitrogens with zero attached hydrogens (tertiary/aromatic N) is 5. The SMILES string of the molecule is CC(CO)Oc1cccc2ccc(-c3nnc4ccc([C@@H](N5CCC(N)C5)C(F)(F)F)cn34)nc12.Cl.Cl. The van der Waals surface area contributed by atoms with Crippen LogP contribution in [0, 0.1) is 0 Å². The smallest absolute Gasteiger partial charge is 0.408 e. The van der Waals surface area contributed by atoms with Crippen molar-refractivity contribution in [1.82, 2.24) is 24.5 Å². The maximum absolute atomic E-state index is 14.1. The quantitative estimate of drug-likeness (QED) is 0.366. The molecule has 0 amide bonds. The molecule has 0 spiro atoms. The lowest BCUT2D eigenvalue weighted by atomic mass is 10.1. The highest BCUT2D eigenvalue weighted by atomic mass is 35.5. The van der Waals surface area contributed by atoms with Gasteiger partial charge >= 0.3 is 6.18 Å². The van der Waals surface area contributed by atoms with Crippen LogP contribution in [0.1, 0.15) is 24.9 Å². The molecule has 1 fully saturated rings. The lowest BCUT2D eigenvalue weighted by Gasteiger charge is -2.30. The van der Waals surface area contributed by atoms with Crippen molar-refractivity contribution >= 4 is 41.4 Å². The second-order valence-electron chi connectivity index (χ2n) is 8.84. The molecule has 5 rings (SSSR count). The number of aliphatic hydroxyl groups is 1. The van der Waals surface area contributed by atoms with Gasteiger partial charge in [-0.1, -0.05) is 24.3 Å². The summed E-state index contributed by atoms with van der Waals surface area (Å²) < 4.78 is 49.7. The Kier molecular flexibility index (Phi) is 8.86. The maximum atomic E-state index is 14.1. The number of rotatable bonds is 6. The summed E-state index contributed by atoms with van der Waals surface area (Å²) in [7, 11) is 0. The number of aliphatic hydroxyl groups excluding tert-OH is 1. The molecule has 0 aliphatic carbocycles. The molecule has 2 unspecified atom stereocenters. The number of aromatic nitrogens is 4. The highest BCUT2D eigenvalue weighted by Gasteiger charge is 2.46. The van der Waals surface area contributed by atoms with E-state index >= 15 is 0 Å². The number of benzene rings is 1. The molecule has 4 heterocycles. The van der Waals surface area contributed by atoms with Gasteiger partial charge in [0.05, 0.1) is 6.61 Å². The fraction of sp³-hybridized carbons (Fsp3) is 0.375. The fourth-order valence-electron chi connectivity index (χ4n) is 4.49. The Morgan fingerprint density at radius 3 is 2.59 bits per heavy atom. The van der Waals surface area contributed by atoms with E-state index < -0.39 is 18.3 Å². The average molecular weight is 559 g/mol. The number of hydrogen-bond acceptors (Lipinski definition) is 7. The lowest BCUT2D eigenvalue weighted by molar-refractivity contribution is -0.183. The van der Waals surface area contributed by atoms with Gasteiger partial charge in [0.2, 0.25) is 0 Å². The van der Waals surface area contributed by atoms with E-state index in [1.807, 2.05) is 18.2 Å². The molecule has 8 nitrogen and oxygen atoms in total. The zero-order chi connectivity index (χ0) is 24.7. The number of ether oxygens (including phenoxy) is 1. The van der Waals surface area contributed by atoms with Crippen molar-refractivity contribution in [2.24, 2.45) is 5.73 Å². The van der Waals surface area contributed by atoms with E-state index in [9.17, 15) is 18.3 Å². The summed E-state index contributed by atoms with van der Waals surface area (Å²) in [5.74, 6) is 0.802. The molecule has 0 bridgehead atoms. The van der Waals surface area contributed by atoms with Crippen LogP contribution in [0.4, 0.5) is 13.2 Å². The van der Waals surface area contributed by atoms with Crippen molar-refractivity contribution in [3.8, 4) is 17.3 Å². The molecule has 1 aliphatic rings. The highest BCUT2D eigenvalue weighted by molar-refractivity contribution is 5.86. The Morgan fingerprint density at radius 2 is 1.92 bits per heavy atom. The van der Waals surface area contributed by atoms with Gasteiger partial charge in [0.25, 0.3) is 0 Å². The predicted octanol–water partition coefficient (Wildman–Crippen LogP) is 4.18. The minimum Gasteiger partial charge on any atom is -0.486 e. The van der Waals surface area contributed by atoms with Gasteiger partial charge in [-0.2, -0.15) is 13.2 Å². The molecule has 3 aromatic heterocycles. The van der Waals surface area contributed by atoms with Crippen LogP contribution in [0.2, 0.25) is 0 Å². The molecule has 200 valence electrons. The zero-order valence-electron chi connectivity index (χ0n) is 19.8. The molecule has 3 N–H and O–H groups in total. The molecule has 1 saturated heterocycles. The summed E-state index contributed by atoms with van der Waals surface area (Å²) in [5.41, 5.74) is 7.36. The number of hydrogen-bond donors (Lipinski definition) is 2.